The Balaban J connectivity index is 4.84. The maximum absolute atomic E-state index is 11.1. The van der Waals surface area contributed by atoms with Crippen molar-refractivity contribution in [3.8, 4) is 0 Å². The molecular formula is C20H40O2Sn. The van der Waals surface area contributed by atoms with Crippen LogP contribution in [0.15, 0.2) is 12.2 Å². The molecule has 0 aromatic heterocycles. The van der Waals surface area contributed by atoms with E-state index in [1.165, 1.54) is 68.8 Å². The second-order valence-electron chi connectivity index (χ2n) is 7.36. The molecule has 0 aromatic carbocycles. The SMILES string of the molecule is C=C(CC(C)OC(C)=O)[CH2][Sn]([CH2]CCC)([CH2]CCC)[CH2]CCC. The summed E-state index contributed by atoms with van der Waals surface area (Å²) < 4.78 is 11.2. The van der Waals surface area contributed by atoms with Crippen LogP contribution in [-0.4, -0.2) is 30.5 Å². The van der Waals surface area contributed by atoms with E-state index >= 15 is 0 Å². The molecule has 0 N–H and O–H groups in total. The van der Waals surface area contributed by atoms with Gasteiger partial charge in [0.25, 0.3) is 0 Å². The molecule has 0 aliphatic carbocycles. The molecule has 0 radical (unpaired) electrons. The van der Waals surface area contributed by atoms with Crippen molar-refractivity contribution in [2.45, 2.75) is 103 Å². The van der Waals surface area contributed by atoms with Crippen LogP contribution in [0.1, 0.15) is 79.6 Å². The Hall–Kier alpha value is 0.00870. The standard InChI is InChI=1S/C8H13O2.3C4H9.Sn/c1-6(2)5-7(3)10-8(4)9;3*1-3-4-2;/h7H,1-2,5H2,3-4H3;3*1,3-4H2,2H3;. The van der Waals surface area contributed by atoms with E-state index in [0.29, 0.717) is 0 Å². The van der Waals surface area contributed by atoms with Crippen LogP contribution < -0.4 is 0 Å². The molecule has 3 heteroatoms. The Bertz CT molecular complexity index is 317. The van der Waals surface area contributed by atoms with E-state index in [-0.39, 0.29) is 12.1 Å². The summed E-state index contributed by atoms with van der Waals surface area (Å²) in [6, 6.07) is 0. The third kappa shape index (κ3) is 11.2. The second-order valence-corrected chi connectivity index (χ2v) is 21.2. The van der Waals surface area contributed by atoms with Crippen molar-refractivity contribution in [1.29, 1.82) is 0 Å². The van der Waals surface area contributed by atoms with Crippen LogP contribution >= 0.6 is 0 Å². The molecule has 23 heavy (non-hydrogen) atoms. The summed E-state index contributed by atoms with van der Waals surface area (Å²) in [5, 5.41) is 0. The predicted octanol–water partition coefficient (Wildman–Crippen LogP) is 6.73. The molecule has 0 bridgehead atoms. The molecule has 0 saturated heterocycles. The summed E-state index contributed by atoms with van der Waals surface area (Å²) in [7, 11) is 0. The van der Waals surface area contributed by atoms with Crippen LogP contribution in [0.25, 0.3) is 0 Å². The van der Waals surface area contributed by atoms with Gasteiger partial charge in [-0.25, -0.2) is 0 Å². The van der Waals surface area contributed by atoms with Gasteiger partial charge in [-0.3, -0.25) is 0 Å². The van der Waals surface area contributed by atoms with Crippen LogP contribution in [0, 0.1) is 0 Å². The molecule has 1 unspecified atom stereocenters. The Morgan fingerprint density at radius 2 is 1.43 bits per heavy atom. The fourth-order valence-electron chi connectivity index (χ4n) is 3.63. The number of carbonyl (C=O) groups is 1. The van der Waals surface area contributed by atoms with Crippen LogP contribution in [0.2, 0.25) is 17.7 Å². The summed E-state index contributed by atoms with van der Waals surface area (Å²) in [6.07, 6.45) is 8.96. The first-order chi connectivity index (χ1) is 10.9. The van der Waals surface area contributed by atoms with Crippen molar-refractivity contribution >= 4 is 24.3 Å². The maximum atomic E-state index is 11.1. The minimum absolute atomic E-state index is 0.0208. The van der Waals surface area contributed by atoms with E-state index in [1.807, 2.05) is 6.92 Å². The first kappa shape index (κ1) is 23.0. The van der Waals surface area contributed by atoms with Gasteiger partial charge in [0.2, 0.25) is 0 Å². The molecule has 0 aliphatic rings. The minimum atomic E-state index is -2.13. The number of rotatable bonds is 14. The van der Waals surface area contributed by atoms with Crippen molar-refractivity contribution < 1.29 is 9.53 Å². The van der Waals surface area contributed by atoms with Crippen molar-refractivity contribution in [3.63, 3.8) is 0 Å². The van der Waals surface area contributed by atoms with Crippen LogP contribution in [0.4, 0.5) is 0 Å². The second kappa shape index (κ2) is 13.3. The van der Waals surface area contributed by atoms with Gasteiger partial charge in [0.05, 0.1) is 0 Å². The number of carbonyl (C=O) groups excluding carboxylic acids is 1. The van der Waals surface area contributed by atoms with E-state index < -0.39 is 18.4 Å². The summed E-state index contributed by atoms with van der Waals surface area (Å²) in [6.45, 7) is 14.8. The zero-order valence-corrected chi connectivity index (χ0v) is 19.2. The summed E-state index contributed by atoms with van der Waals surface area (Å²) in [5.74, 6) is -0.178. The van der Waals surface area contributed by atoms with Crippen LogP contribution in [0.3, 0.4) is 0 Å². The molecule has 0 aromatic rings. The van der Waals surface area contributed by atoms with Crippen molar-refractivity contribution in [3.05, 3.63) is 12.2 Å². The summed E-state index contributed by atoms with van der Waals surface area (Å²) in [5.41, 5.74) is 1.35. The normalized spacial score (nSPS) is 12.9. The Kier molecular flexibility index (Phi) is 13.3. The van der Waals surface area contributed by atoms with Gasteiger partial charge in [0.15, 0.2) is 0 Å². The Morgan fingerprint density at radius 3 is 1.78 bits per heavy atom. The third-order valence-corrected chi connectivity index (χ3v) is 20.4. The third-order valence-electron chi connectivity index (χ3n) is 4.75. The van der Waals surface area contributed by atoms with Gasteiger partial charge in [-0.2, -0.15) is 0 Å². The van der Waals surface area contributed by atoms with E-state index in [1.54, 1.807) is 0 Å². The summed E-state index contributed by atoms with van der Waals surface area (Å²) >= 11 is -2.13. The first-order valence-corrected chi connectivity index (χ1v) is 17.8. The van der Waals surface area contributed by atoms with Gasteiger partial charge in [0, 0.05) is 0 Å². The number of esters is 1. The zero-order chi connectivity index (χ0) is 17.7. The molecule has 0 aliphatic heterocycles. The quantitative estimate of drug-likeness (QED) is 0.173. The van der Waals surface area contributed by atoms with E-state index in [9.17, 15) is 4.79 Å². The molecule has 136 valence electrons. The fraction of sp³-hybridized carbons (Fsp3) is 0.850. The first-order valence-electron chi connectivity index (χ1n) is 9.73. The number of ether oxygens (including phenoxy) is 1. The molecule has 0 rings (SSSR count). The van der Waals surface area contributed by atoms with Gasteiger partial charge in [0.1, 0.15) is 0 Å². The van der Waals surface area contributed by atoms with Gasteiger partial charge >= 0.3 is 149 Å². The average Bonchev–Trinajstić information content (AvgIpc) is 2.47. The molecule has 0 fully saturated rings. The Morgan fingerprint density at radius 1 is 1.00 bits per heavy atom. The summed E-state index contributed by atoms with van der Waals surface area (Å²) in [4.78, 5) is 11.1. The fourth-order valence-corrected chi connectivity index (χ4v) is 20.2. The molecular weight excluding hydrogens is 391 g/mol. The van der Waals surface area contributed by atoms with E-state index in [0.717, 1.165) is 6.42 Å². The van der Waals surface area contributed by atoms with Crippen molar-refractivity contribution in [2.24, 2.45) is 0 Å². The van der Waals surface area contributed by atoms with Crippen LogP contribution in [0.5, 0.6) is 0 Å². The number of hydrogen-bond donors (Lipinski definition) is 0. The van der Waals surface area contributed by atoms with Gasteiger partial charge < -0.3 is 0 Å². The zero-order valence-electron chi connectivity index (χ0n) is 16.4. The van der Waals surface area contributed by atoms with Crippen molar-refractivity contribution in [1.82, 2.24) is 0 Å². The van der Waals surface area contributed by atoms with E-state index in [2.05, 4.69) is 27.4 Å². The van der Waals surface area contributed by atoms with Gasteiger partial charge in [-0.05, 0) is 0 Å². The van der Waals surface area contributed by atoms with Gasteiger partial charge in [-0.1, -0.05) is 0 Å². The topological polar surface area (TPSA) is 26.3 Å². The van der Waals surface area contributed by atoms with Gasteiger partial charge in [-0.15, -0.1) is 0 Å². The molecule has 2 nitrogen and oxygen atoms in total. The van der Waals surface area contributed by atoms with Crippen LogP contribution in [-0.2, 0) is 9.53 Å². The average molecular weight is 431 g/mol. The number of hydrogen-bond acceptors (Lipinski definition) is 2. The number of unbranched alkanes of at least 4 members (excludes halogenated alkanes) is 3. The molecule has 0 amide bonds. The molecule has 0 saturated carbocycles. The van der Waals surface area contributed by atoms with Crippen molar-refractivity contribution in [2.75, 3.05) is 0 Å². The molecule has 0 spiro atoms. The monoisotopic (exact) mass is 432 g/mol. The predicted molar refractivity (Wildman–Crippen MR) is 105 cm³/mol. The van der Waals surface area contributed by atoms with E-state index in [4.69, 9.17) is 4.74 Å². The Labute approximate surface area is 149 Å². The molecule has 1 atom stereocenters. The molecule has 0 heterocycles.